The Hall–Kier alpha value is -2.77. The quantitative estimate of drug-likeness (QED) is 0.690. The first-order chi connectivity index (χ1) is 12.9. The van der Waals surface area contributed by atoms with E-state index in [1.807, 2.05) is 20.8 Å². The molecule has 1 aromatic carbocycles. The van der Waals surface area contributed by atoms with E-state index >= 15 is 0 Å². The van der Waals surface area contributed by atoms with Gasteiger partial charge in [-0.3, -0.25) is 0 Å². The van der Waals surface area contributed by atoms with Crippen LogP contribution in [-0.2, 0) is 5.41 Å². The minimum absolute atomic E-state index is 0.163. The zero-order valence-corrected chi connectivity index (χ0v) is 15.6. The zero-order valence-electron chi connectivity index (χ0n) is 15.6. The summed E-state index contributed by atoms with van der Waals surface area (Å²) >= 11 is 0. The van der Waals surface area contributed by atoms with Gasteiger partial charge in [0.2, 0.25) is 17.7 Å². The van der Waals surface area contributed by atoms with Gasteiger partial charge >= 0.3 is 6.01 Å². The molecule has 8 heteroatoms. The van der Waals surface area contributed by atoms with E-state index in [2.05, 4.69) is 25.3 Å². The molecule has 7 nitrogen and oxygen atoms in total. The molecular formula is C19H22FN5O2. The van der Waals surface area contributed by atoms with Gasteiger partial charge in [0.25, 0.3) is 0 Å². The van der Waals surface area contributed by atoms with E-state index < -0.39 is 0 Å². The fourth-order valence-electron chi connectivity index (χ4n) is 3.07. The van der Waals surface area contributed by atoms with Gasteiger partial charge in [0.05, 0.1) is 0 Å². The normalized spacial score (nSPS) is 16.1. The summed E-state index contributed by atoms with van der Waals surface area (Å²) in [6.45, 7) is 7.70. The molecule has 3 aromatic rings. The molecule has 4 rings (SSSR count). The zero-order chi connectivity index (χ0) is 19.0. The lowest BCUT2D eigenvalue weighted by atomic mass is 9.97. The van der Waals surface area contributed by atoms with Crippen LogP contribution < -0.4 is 4.90 Å². The number of piperidine rings is 1. The Balaban J connectivity index is 1.41. The van der Waals surface area contributed by atoms with Crippen LogP contribution in [0.25, 0.3) is 11.5 Å². The standard InChI is InChI=1S/C19H22FN5O2/c1-19(2,3)17-23-24-18(27-17)25-10-8-13(9-11-25)16-22-21-15(26-16)12-4-6-14(20)7-5-12/h4-7,13H,8-11H2,1-3H3. The first kappa shape index (κ1) is 17.6. The molecule has 2 aromatic heterocycles. The van der Waals surface area contributed by atoms with Crippen LogP contribution in [0.2, 0.25) is 0 Å². The monoisotopic (exact) mass is 371 g/mol. The molecule has 0 amide bonds. The summed E-state index contributed by atoms with van der Waals surface area (Å²) in [6.07, 6.45) is 1.72. The highest BCUT2D eigenvalue weighted by Crippen LogP contribution is 2.32. The maximum absolute atomic E-state index is 13.1. The van der Waals surface area contributed by atoms with Gasteiger partial charge in [-0.25, -0.2) is 4.39 Å². The Kier molecular flexibility index (Phi) is 4.41. The van der Waals surface area contributed by atoms with Crippen molar-refractivity contribution >= 4 is 6.01 Å². The number of anilines is 1. The minimum Gasteiger partial charge on any atom is -0.420 e. The predicted molar refractivity (Wildman–Crippen MR) is 96.9 cm³/mol. The number of rotatable bonds is 3. The van der Waals surface area contributed by atoms with Crippen molar-refractivity contribution in [3.05, 3.63) is 41.9 Å². The SMILES string of the molecule is CC(C)(C)c1nnc(N2CCC(c3nnc(-c4ccc(F)cc4)o3)CC2)o1. The molecule has 27 heavy (non-hydrogen) atoms. The maximum atomic E-state index is 13.1. The van der Waals surface area contributed by atoms with E-state index in [0.717, 1.165) is 25.9 Å². The average Bonchev–Trinajstić information content (AvgIpc) is 3.32. The van der Waals surface area contributed by atoms with Crippen molar-refractivity contribution in [1.29, 1.82) is 0 Å². The molecule has 0 spiro atoms. The lowest BCUT2D eigenvalue weighted by Crippen LogP contribution is -2.33. The summed E-state index contributed by atoms with van der Waals surface area (Å²) < 4.78 is 24.7. The van der Waals surface area contributed by atoms with Gasteiger partial charge in [-0.05, 0) is 37.1 Å². The van der Waals surface area contributed by atoms with Crippen LogP contribution in [0.15, 0.2) is 33.1 Å². The van der Waals surface area contributed by atoms with Crippen molar-refractivity contribution in [3.8, 4) is 11.5 Å². The third kappa shape index (κ3) is 3.70. The Bertz CT molecular complexity index is 905. The van der Waals surface area contributed by atoms with Crippen LogP contribution in [0.1, 0.15) is 51.3 Å². The van der Waals surface area contributed by atoms with Gasteiger partial charge in [-0.2, -0.15) is 0 Å². The van der Waals surface area contributed by atoms with Crippen molar-refractivity contribution in [2.24, 2.45) is 0 Å². The highest BCUT2D eigenvalue weighted by atomic mass is 19.1. The lowest BCUT2D eigenvalue weighted by Gasteiger charge is -2.28. The first-order valence-electron chi connectivity index (χ1n) is 9.08. The number of hydrogen-bond donors (Lipinski definition) is 0. The van der Waals surface area contributed by atoms with Crippen LogP contribution in [-0.4, -0.2) is 33.5 Å². The molecule has 1 aliphatic rings. The summed E-state index contributed by atoms with van der Waals surface area (Å²) in [5.74, 6) is 1.57. The molecule has 142 valence electrons. The van der Waals surface area contributed by atoms with Crippen molar-refractivity contribution in [3.63, 3.8) is 0 Å². The molecule has 0 N–H and O–H groups in total. The number of benzene rings is 1. The molecule has 0 radical (unpaired) electrons. The molecule has 3 heterocycles. The second kappa shape index (κ2) is 6.75. The molecule has 0 aliphatic carbocycles. The lowest BCUT2D eigenvalue weighted by molar-refractivity contribution is 0.366. The Morgan fingerprint density at radius 2 is 1.67 bits per heavy atom. The van der Waals surface area contributed by atoms with Crippen LogP contribution in [0, 0.1) is 5.82 Å². The van der Waals surface area contributed by atoms with Gasteiger partial charge in [-0.15, -0.1) is 15.3 Å². The Morgan fingerprint density at radius 3 is 2.30 bits per heavy atom. The van der Waals surface area contributed by atoms with E-state index in [0.29, 0.717) is 29.3 Å². The average molecular weight is 371 g/mol. The number of aromatic nitrogens is 4. The largest absolute Gasteiger partial charge is 0.420 e. The van der Waals surface area contributed by atoms with Crippen molar-refractivity contribution in [2.75, 3.05) is 18.0 Å². The second-order valence-electron chi connectivity index (χ2n) is 7.85. The molecule has 0 unspecified atom stereocenters. The van der Waals surface area contributed by atoms with Crippen molar-refractivity contribution in [2.45, 2.75) is 44.9 Å². The summed E-state index contributed by atoms with van der Waals surface area (Å²) in [7, 11) is 0. The first-order valence-corrected chi connectivity index (χ1v) is 9.08. The summed E-state index contributed by atoms with van der Waals surface area (Å²) in [4.78, 5) is 2.09. The highest BCUT2D eigenvalue weighted by Gasteiger charge is 2.29. The third-order valence-corrected chi connectivity index (χ3v) is 4.70. The van der Waals surface area contributed by atoms with Crippen LogP contribution in [0.4, 0.5) is 10.4 Å². The molecule has 0 atom stereocenters. The number of halogens is 1. The highest BCUT2D eigenvalue weighted by molar-refractivity contribution is 5.52. The Morgan fingerprint density at radius 1 is 0.963 bits per heavy atom. The van der Waals surface area contributed by atoms with E-state index in [4.69, 9.17) is 8.83 Å². The second-order valence-corrected chi connectivity index (χ2v) is 7.85. The molecule has 0 saturated carbocycles. The molecular weight excluding hydrogens is 349 g/mol. The molecule has 1 saturated heterocycles. The van der Waals surface area contributed by atoms with Crippen molar-refractivity contribution in [1.82, 2.24) is 20.4 Å². The molecule has 1 fully saturated rings. The van der Waals surface area contributed by atoms with E-state index in [9.17, 15) is 4.39 Å². The van der Waals surface area contributed by atoms with Gasteiger partial charge < -0.3 is 13.7 Å². The van der Waals surface area contributed by atoms with Crippen LogP contribution in [0.3, 0.4) is 0 Å². The molecule has 0 bridgehead atoms. The maximum Gasteiger partial charge on any atom is 0.318 e. The van der Waals surface area contributed by atoms with Crippen LogP contribution in [0.5, 0.6) is 0 Å². The number of hydrogen-bond acceptors (Lipinski definition) is 7. The van der Waals surface area contributed by atoms with E-state index in [1.54, 1.807) is 12.1 Å². The topological polar surface area (TPSA) is 81.1 Å². The van der Waals surface area contributed by atoms with Crippen LogP contribution >= 0.6 is 0 Å². The van der Waals surface area contributed by atoms with E-state index in [-0.39, 0.29) is 17.2 Å². The molecule has 1 aliphatic heterocycles. The van der Waals surface area contributed by atoms with Crippen molar-refractivity contribution < 1.29 is 13.2 Å². The minimum atomic E-state index is -0.290. The Labute approximate surface area is 156 Å². The fraction of sp³-hybridized carbons (Fsp3) is 0.474. The van der Waals surface area contributed by atoms with Gasteiger partial charge in [0.15, 0.2) is 0 Å². The fourth-order valence-corrected chi connectivity index (χ4v) is 3.07. The smallest absolute Gasteiger partial charge is 0.318 e. The summed E-state index contributed by atoms with van der Waals surface area (Å²) in [5.41, 5.74) is 0.553. The van der Waals surface area contributed by atoms with Gasteiger partial charge in [0, 0.05) is 30.0 Å². The van der Waals surface area contributed by atoms with E-state index in [1.165, 1.54) is 12.1 Å². The number of nitrogens with zero attached hydrogens (tertiary/aromatic N) is 5. The summed E-state index contributed by atoms with van der Waals surface area (Å²) in [5, 5.41) is 16.6. The van der Waals surface area contributed by atoms with Gasteiger partial charge in [0.1, 0.15) is 5.82 Å². The summed E-state index contributed by atoms with van der Waals surface area (Å²) in [6, 6.07) is 6.60. The third-order valence-electron chi connectivity index (χ3n) is 4.70. The van der Waals surface area contributed by atoms with Gasteiger partial charge in [-0.1, -0.05) is 25.9 Å². The predicted octanol–water partition coefficient (Wildman–Crippen LogP) is 3.94.